The zero-order valence-electron chi connectivity index (χ0n) is 12.4. The number of hydrogen-bond acceptors (Lipinski definition) is 5. The molecule has 0 unspecified atom stereocenters. The van der Waals surface area contributed by atoms with Gasteiger partial charge in [-0.3, -0.25) is 0 Å². The molecule has 1 aromatic carbocycles. The summed E-state index contributed by atoms with van der Waals surface area (Å²) in [5.41, 5.74) is -0.173. The van der Waals surface area contributed by atoms with Crippen LogP contribution in [0, 0.1) is 0 Å². The fourth-order valence-electron chi connectivity index (χ4n) is 2.06. The van der Waals surface area contributed by atoms with E-state index in [0.717, 1.165) is 0 Å². The summed E-state index contributed by atoms with van der Waals surface area (Å²) in [4.78, 5) is 0. The topological polar surface area (TPSA) is 49.5 Å². The Balaban J connectivity index is 2.40. The second kappa shape index (κ2) is 6.62. The maximum absolute atomic E-state index is 13.3. The van der Waals surface area contributed by atoms with E-state index in [2.05, 4.69) is 0 Å². The van der Waals surface area contributed by atoms with Crippen LogP contribution in [0.25, 0.3) is 0 Å². The Labute approximate surface area is 125 Å². The molecule has 0 aromatic heterocycles. The minimum atomic E-state index is -4.60. The maximum atomic E-state index is 13.3. The van der Waals surface area contributed by atoms with Crippen molar-refractivity contribution in [2.24, 2.45) is 0 Å². The van der Waals surface area contributed by atoms with Crippen molar-refractivity contribution in [1.29, 1.82) is 0 Å². The summed E-state index contributed by atoms with van der Waals surface area (Å²) in [7, 11) is 3.98. The lowest BCUT2D eigenvalue weighted by Gasteiger charge is -2.24. The molecule has 0 amide bonds. The molecule has 124 valence electrons. The van der Waals surface area contributed by atoms with Crippen LogP contribution in [0.1, 0.15) is 11.7 Å². The highest BCUT2D eigenvalue weighted by Crippen LogP contribution is 2.47. The van der Waals surface area contributed by atoms with Crippen LogP contribution in [0.2, 0.25) is 0 Å². The Morgan fingerprint density at radius 1 is 1.14 bits per heavy atom. The summed E-state index contributed by atoms with van der Waals surface area (Å²) < 4.78 is 65.1. The number of alkyl halides is 3. The summed E-state index contributed by atoms with van der Waals surface area (Å²) in [6.45, 7) is 0.273. The molecule has 22 heavy (non-hydrogen) atoms. The van der Waals surface area contributed by atoms with Crippen molar-refractivity contribution >= 4 is 0 Å². The molecule has 0 bridgehead atoms. The van der Waals surface area contributed by atoms with Gasteiger partial charge in [-0.05, 0) is 12.1 Å². The SMILES string of the molecule is COc1ccc([C@H](OC[C@H]2CO2)C(F)(F)F)c(OC)c1OC. The van der Waals surface area contributed by atoms with Gasteiger partial charge in [-0.2, -0.15) is 13.2 Å². The lowest BCUT2D eigenvalue weighted by molar-refractivity contribution is -0.225. The average Bonchev–Trinajstić information content (AvgIpc) is 3.29. The van der Waals surface area contributed by atoms with Crippen molar-refractivity contribution in [2.45, 2.75) is 18.4 Å². The highest BCUT2D eigenvalue weighted by Gasteiger charge is 2.45. The van der Waals surface area contributed by atoms with Crippen LogP contribution in [-0.4, -0.2) is 46.8 Å². The molecule has 1 saturated heterocycles. The van der Waals surface area contributed by atoms with E-state index in [-0.39, 0.29) is 35.5 Å². The molecule has 1 aliphatic rings. The van der Waals surface area contributed by atoms with E-state index in [1.54, 1.807) is 0 Å². The summed E-state index contributed by atoms with van der Waals surface area (Å²) in [6.07, 6.45) is -7.01. The van der Waals surface area contributed by atoms with E-state index in [9.17, 15) is 13.2 Å². The number of methoxy groups -OCH3 is 3. The molecule has 0 spiro atoms. The normalized spacial score (nSPS) is 18.7. The smallest absolute Gasteiger partial charge is 0.419 e. The number of benzene rings is 1. The molecular formula is C14H17F3O5. The largest absolute Gasteiger partial charge is 0.493 e. The molecule has 1 fully saturated rings. The number of hydrogen-bond donors (Lipinski definition) is 0. The summed E-state index contributed by atoms with van der Waals surface area (Å²) in [5, 5.41) is 0. The van der Waals surface area contributed by atoms with Crippen LogP contribution >= 0.6 is 0 Å². The molecule has 2 atom stereocenters. The predicted octanol–water partition coefficient (Wildman–Crippen LogP) is 2.73. The standard InChI is InChI=1S/C14H17F3O5/c1-18-10-5-4-9(11(19-2)12(10)20-3)13(14(15,16)17)22-7-8-6-21-8/h4-5,8,13H,6-7H2,1-3H3/t8-,13+/m1/s1. The van der Waals surface area contributed by atoms with E-state index in [4.69, 9.17) is 23.7 Å². The lowest BCUT2D eigenvalue weighted by atomic mass is 10.1. The van der Waals surface area contributed by atoms with Gasteiger partial charge >= 0.3 is 6.18 Å². The predicted molar refractivity (Wildman–Crippen MR) is 70.6 cm³/mol. The first kappa shape index (κ1) is 16.7. The van der Waals surface area contributed by atoms with Gasteiger partial charge in [0, 0.05) is 5.56 Å². The molecule has 0 saturated carbocycles. The van der Waals surface area contributed by atoms with Gasteiger partial charge in [0.25, 0.3) is 0 Å². The highest BCUT2D eigenvalue weighted by molar-refractivity contribution is 5.56. The second-order valence-electron chi connectivity index (χ2n) is 4.63. The summed E-state index contributed by atoms with van der Waals surface area (Å²) in [5.74, 6) is 0.290. The van der Waals surface area contributed by atoms with Crippen LogP contribution < -0.4 is 14.2 Å². The average molecular weight is 322 g/mol. The first-order chi connectivity index (χ1) is 10.4. The lowest BCUT2D eigenvalue weighted by Crippen LogP contribution is -2.25. The fourth-order valence-corrected chi connectivity index (χ4v) is 2.06. The van der Waals surface area contributed by atoms with Crippen LogP contribution in [0.4, 0.5) is 13.2 Å². The monoisotopic (exact) mass is 322 g/mol. The zero-order chi connectivity index (χ0) is 16.3. The molecule has 0 aliphatic carbocycles. The van der Waals surface area contributed by atoms with E-state index in [1.165, 1.54) is 33.5 Å². The van der Waals surface area contributed by atoms with Gasteiger partial charge in [0.15, 0.2) is 17.6 Å². The Bertz CT molecular complexity index is 514. The molecular weight excluding hydrogens is 305 g/mol. The highest BCUT2D eigenvalue weighted by atomic mass is 19.4. The Morgan fingerprint density at radius 3 is 2.23 bits per heavy atom. The summed E-state index contributed by atoms with van der Waals surface area (Å²) >= 11 is 0. The van der Waals surface area contributed by atoms with Gasteiger partial charge < -0.3 is 23.7 Å². The second-order valence-corrected chi connectivity index (χ2v) is 4.63. The van der Waals surface area contributed by atoms with Crippen molar-refractivity contribution < 1.29 is 36.9 Å². The number of ether oxygens (including phenoxy) is 5. The Kier molecular flexibility index (Phi) is 5.02. The zero-order valence-corrected chi connectivity index (χ0v) is 12.4. The van der Waals surface area contributed by atoms with Gasteiger partial charge in [0.2, 0.25) is 5.75 Å². The molecule has 8 heteroatoms. The van der Waals surface area contributed by atoms with Crippen molar-refractivity contribution in [3.05, 3.63) is 17.7 Å². The third-order valence-corrected chi connectivity index (χ3v) is 3.17. The van der Waals surface area contributed by atoms with Gasteiger partial charge in [-0.25, -0.2) is 0 Å². The Morgan fingerprint density at radius 2 is 1.77 bits per heavy atom. The van der Waals surface area contributed by atoms with Crippen molar-refractivity contribution in [3.63, 3.8) is 0 Å². The minimum Gasteiger partial charge on any atom is -0.493 e. The van der Waals surface area contributed by atoms with E-state index < -0.39 is 12.3 Å². The molecule has 1 heterocycles. The van der Waals surface area contributed by atoms with E-state index in [0.29, 0.717) is 6.61 Å². The molecule has 1 aliphatic heterocycles. The maximum Gasteiger partial charge on any atom is 0.419 e. The first-order valence-corrected chi connectivity index (χ1v) is 6.51. The number of halogens is 3. The van der Waals surface area contributed by atoms with Gasteiger partial charge in [0.1, 0.15) is 6.10 Å². The van der Waals surface area contributed by atoms with Gasteiger partial charge in [-0.1, -0.05) is 0 Å². The van der Waals surface area contributed by atoms with Crippen LogP contribution in [0.15, 0.2) is 12.1 Å². The van der Waals surface area contributed by atoms with Crippen molar-refractivity contribution in [1.82, 2.24) is 0 Å². The molecule has 2 rings (SSSR count). The van der Waals surface area contributed by atoms with Gasteiger partial charge in [-0.15, -0.1) is 0 Å². The fraction of sp³-hybridized carbons (Fsp3) is 0.571. The summed E-state index contributed by atoms with van der Waals surface area (Å²) in [6, 6.07) is 2.64. The molecule has 0 N–H and O–H groups in total. The number of rotatable bonds is 7. The van der Waals surface area contributed by atoms with Crippen molar-refractivity contribution in [3.8, 4) is 17.2 Å². The third kappa shape index (κ3) is 3.56. The quantitative estimate of drug-likeness (QED) is 0.723. The number of epoxide rings is 1. The van der Waals surface area contributed by atoms with Crippen LogP contribution in [0.5, 0.6) is 17.2 Å². The van der Waals surface area contributed by atoms with Crippen LogP contribution in [-0.2, 0) is 9.47 Å². The molecule has 0 radical (unpaired) electrons. The van der Waals surface area contributed by atoms with E-state index >= 15 is 0 Å². The first-order valence-electron chi connectivity index (χ1n) is 6.51. The molecule has 1 aromatic rings. The van der Waals surface area contributed by atoms with Crippen LogP contribution in [0.3, 0.4) is 0 Å². The van der Waals surface area contributed by atoms with E-state index in [1.807, 2.05) is 0 Å². The third-order valence-electron chi connectivity index (χ3n) is 3.17. The molecule has 5 nitrogen and oxygen atoms in total. The Hall–Kier alpha value is -1.67. The minimum absolute atomic E-state index is 0.0686. The van der Waals surface area contributed by atoms with Gasteiger partial charge in [0.05, 0.1) is 34.5 Å². The van der Waals surface area contributed by atoms with Crippen molar-refractivity contribution in [2.75, 3.05) is 34.5 Å².